The Morgan fingerprint density at radius 1 is 1.14 bits per heavy atom. The highest BCUT2D eigenvalue weighted by atomic mass is 16.3. The maximum Gasteiger partial charge on any atom is 0.253 e. The van der Waals surface area contributed by atoms with Crippen molar-refractivity contribution in [3.8, 4) is 0 Å². The van der Waals surface area contributed by atoms with E-state index in [4.69, 9.17) is 4.42 Å². The van der Waals surface area contributed by atoms with Crippen LogP contribution in [-0.4, -0.2) is 37.4 Å². The lowest BCUT2D eigenvalue weighted by Crippen LogP contribution is -2.29. The average Bonchev–Trinajstić information content (AvgIpc) is 3.04. The maximum absolute atomic E-state index is 11.8. The van der Waals surface area contributed by atoms with Crippen LogP contribution in [0.1, 0.15) is 16.1 Å². The Morgan fingerprint density at radius 3 is 2.45 bits per heavy atom. The summed E-state index contributed by atoms with van der Waals surface area (Å²) in [6.45, 7) is 0.519. The molecule has 0 radical (unpaired) electrons. The van der Waals surface area contributed by atoms with Gasteiger partial charge in [-0.05, 0) is 36.4 Å². The van der Waals surface area contributed by atoms with Crippen molar-refractivity contribution in [3.05, 3.63) is 54.0 Å². The summed E-state index contributed by atoms with van der Waals surface area (Å²) in [6, 6.07) is 10.6. The Bertz CT molecular complexity index is 619. The van der Waals surface area contributed by atoms with Gasteiger partial charge in [-0.2, -0.15) is 0 Å². The minimum Gasteiger partial charge on any atom is -0.467 e. The van der Waals surface area contributed by atoms with Crippen molar-refractivity contribution < 1.29 is 14.0 Å². The van der Waals surface area contributed by atoms with Gasteiger partial charge in [0.05, 0.1) is 19.4 Å². The zero-order chi connectivity index (χ0) is 15.9. The van der Waals surface area contributed by atoms with Crippen LogP contribution in [0.4, 0.5) is 5.69 Å². The molecular weight excluding hydrogens is 282 g/mol. The molecule has 0 spiro atoms. The number of amides is 2. The quantitative estimate of drug-likeness (QED) is 0.852. The third kappa shape index (κ3) is 4.37. The minimum absolute atomic E-state index is 0.0530. The fourth-order valence-electron chi connectivity index (χ4n) is 1.83. The Morgan fingerprint density at radius 2 is 1.86 bits per heavy atom. The second-order valence-corrected chi connectivity index (χ2v) is 4.99. The maximum atomic E-state index is 11.8. The Balaban J connectivity index is 1.79. The van der Waals surface area contributed by atoms with Crippen LogP contribution in [0.5, 0.6) is 0 Å². The van der Waals surface area contributed by atoms with Gasteiger partial charge >= 0.3 is 0 Å². The first-order valence-electron chi connectivity index (χ1n) is 6.91. The second kappa shape index (κ2) is 7.31. The lowest BCUT2D eigenvalue weighted by Gasteiger charge is -2.11. The Kier molecular flexibility index (Phi) is 5.19. The number of carbonyl (C=O) groups excluding carboxylic acids is 2. The second-order valence-electron chi connectivity index (χ2n) is 4.99. The molecule has 1 heterocycles. The molecule has 6 heteroatoms. The third-order valence-electron chi connectivity index (χ3n) is 3.03. The molecule has 0 aliphatic heterocycles. The molecule has 0 bridgehead atoms. The third-order valence-corrected chi connectivity index (χ3v) is 3.03. The van der Waals surface area contributed by atoms with Crippen molar-refractivity contribution in [3.63, 3.8) is 0 Å². The lowest BCUT2D eigenvalue weighted by molar-refractivity contribution is -0.119. The standard InChI is InChI=1S/C16H19N3O3/c1-19(2)16(21)12-5-7-13(8-6-12)17-11-15(20)18-10-14-4-3-9-22-14/h3-9,17H,10-11H2,1-2H3,(H,18,20). The van der Waals surface area contributed by atoms with Gasteiger partial charge in [-0.3, -0.25) is 9.59 Å². The molecule has 2 rings (SSSR count). The first-order valence-corrected chi connectivity index (χ1v) is 6.91. The van der Waals surface area contributed by atoms with Crippen LogP contribution in [0.2, 0.25) is 0 Å². The van der Waals surface area contributed by atoms with Crippen molar-refractivity contribution in [2.24, 2.45) is 0 Å². The number of benzene rings is 1. The van der Waals surface area contributed by atoms with Gasteiger partial charge in [0, 0.05) is 25.3 Å². The zero-order valence-electron chi connectivity index (χ0n) is 12.6. The van der Waals surface area contributed by atoms with Crippen molar-refractivity contribution in [1.29, 1.82) is 0 Å². The number of anilines is 1. The highest BCUT2D eigenvalue weighted by molar-refractivity contribution is 5.94. The van der Waals surface area contributed by atoms with Crippen molar-refractivity contribution in [2.45, 2.75) is 6.54 Å². The van der Waals surface area contributed by atoms with Crippen molar-refractivity contribution >= 4 is 17.5 Å². The molecule has 2 aromatic rings. The normalized spacial score (nSPS) is 10.1. The van der Waals surface area contributed by atoms with Gasteiger partial charge in [0.15, 0.2) is 0 Å². The number of rotatable bonds is 6. The molecular formula is C16H19N3O3. The summed E-state index contributed by atoms with van der Waals surface area (Å²) in [4.78, 5) is 25.0. The first-order chi connectivity index (χ1) is 10.6. The fraction of sp³-hybridized carbons (Fsp3) is 0.250. The van der Waals surface area contributed by atoms with Crippen LogP contribution in [0.15, 0.2) is 47.1 Å². The summed E-state index contributed by atoms with van der Waals surface area (Å²) < 4.78 is 5.13. The van der Waals surface area contributed by atoms with Crippen LogP contribution < -0.4 is 10.6 Å². The van der Waals surface area contributed by atoms with Gasteiger partial charge in [-0.1, -0.05) is 0 Å². The Labute approximate surface area is 129 Å². The van der Waals surface area contributed by atoms with Crippen LogP contribution in [0.25, 0.3) is 0 Å². The molecule has 22 heavy (non-hydrogen) atoms. The van der Waals surface area contributed by atoms with E-state index in [0.29, 0.717) is 17.9 Å². The van der Waals surface area contributed by atoms with Gasteiger partial charge in [0.2, 0.25) is 5.91 Å². The number of hydrogen-bond acceptors (Lipinski definition) is 4. The van der Waals surface area contributed by atoms with Crippen molar-refractivity contribution in [1.82, 2.24) is 10.2 Å². The summed E-state index contributed by atoms with van der Waals surface area (Å²) in [5.74, 6) is 0.521. The van der Waals surface area contributed by atoms with E-state index in [1.165, 1.54) is 4.90 Å². The summed E-state index contributed by atoms with van der Waals surface area (Å²) in [5.41, 5.74) is 1.39. The minimum atomic E-state index is -0.134. The van der Waals surface area contributed by atoms with E-state index in [1.807, 2.05) is 0 Å². The summed E-state index contributed by atoms with van der Waals surface area (Å²) in [7, 11) is 3.41. The summed E-state index contributed by atoms with van der Waals surface area (Å²) in [6.07, 6.45) is 1.57. The molecule has 0 aliphatic carbocycles. The molecule has 0 unspecified atom stereocenters. The summed E-state index contributed by atoms with van der Waals surface area (Å²) in [5, 5.41) is 5.75. The number of carbonyl (C=O) groups is 2. The number of furan rings is 1. The molecule has 2 amide bonds. The zero-order valence-corrected chi connectivity index (χ0v) is 12.6. The molecule has 0 fully saturated rings. The summed E-state index contributed by atoms with van der Waals surface area (Å²) >= 11 is 0. The molecule has 0 atom stereocenters. The molecule has 0 saturated carbocycles. The topological polar surface area (TPSA) is 74.6 Å². The molecule has 116 valence electrons. The van der Waals surface area contributed by atoms with E-state index >= 15 is 0 Å². The van der Waals surface area contributed by atoms with Gasteiger partial charge in [-0.25, -0.2) is 0 Å². The first kappa shape index (κ1) is 15.6. The fourth-order valence-corrected chi connectivity index (χ4v) is 1.83. The van der Waals surface area contributed by atoms with Gasteiger partial charge in [-0.15, -0.1) is 0 Å². The van der Waals surface area contributed by atoms with Crippen LogP contribution in [0.3, 0.4) is 0 Å². The van der Waals surface area contributed by atoms with Crippen molar-refractivity contribution in [2.75, 3.05) is 26.0 Å². The van der Waals surface area contributed by atoms with E-state index in [1.54, 1.807) is 56.8 Å². The molecule has 1 aromatic carbocycles. The van der Waals surface area contributed by atoms with E-state index in [2.05, 4.69) is 10.6 Å². The van der Waals surface area contributed by atoms with E-state index in [0.717, 1.165) is 5.69 Å². The smallest absolute Gasteiger partial charge is 0.253 e. The largest absolute Gasteiger partial charge is 0.467 e. The molecule has 6 nitrogen and oxygen atoms in total. The van der Waals surface area contributed by atoms with E-state index < -0.39 is 0 Å². The Hall–Kier alpha value is -2.76. The molecule has 2 N–H and O–H groups in total. The number of hydrogen-bond donors (Lipinski definition) is 2. The van der Waals surface area contributed by atoms with Crippen LogP contribution >= 0.6 is 0 Å². The predicted octanol–water partition coefficient (Wildman–Crippen LogP) is 1.71. The number of nitrogens with one attached hydrogen (secondary N) is 2. The van der Waals surface area contributed by atoms with E-state index in [-0.39, 0.29) is 18.4 Å². The van der Waals surface area contributed by atoms with Gasteiger partial charge in [0.1, 0.15) is 5.76 Å². The van der Waals surface area contributed by atoms with Gasteiger partial charge in [0.25, 0.3) is 5.91 Å². The highest BCUT2D eigenvalue weighted by Crippen LogP contribution is 2.10. The molecule has 0 saturated heterocycles. The molecule has 0 aliphatic rings. The monoisotopic (exact) mass is 301 g/mol. The predicted molar refractivity (Wildman–Crippen MR) is 83.5 cm³/mol. The number of nitrogens with zero attached hydrogens (tertiary/aromatic N) is 1. The average molecular weight is 301 g/mol. The lowest BCUT2D eigenvalue weighted by atomic mass is 10.2. The van der Waals surface area contributed by atoms with E-state index in [9.17, 15) is 9.59 Å². The SMILES string of the molecule is CN(C)C(=O)c1ccc(NCC(=O)NCc2ccco2)cc1. The van der Waals surface area contributed by atoms with Crippen LogP contribution in [0, 0.1) is 0 Å². The van der Waals surface area contributed by atoms with Crippen LogP contribution in [-0.2, 0) is 11.3 Å². The highest BCUT2D eigenvalue weighted by Gasteiger charge is 2.07. The van der Waals surface area contributed by atoms with Gasteiger partial charge < -0.3 is 20.0 Å². The molecule has 1 aromatic heterocycles.